The quantitative estimate of drug-likeness (QED) is 0.521. The number of carbonyl (C=O) groups excluding carboxylic acids is 1. The molecule has 82 valence electrons. The summed E-state index contributed by atoms with van der Waals surface area (Å²) in [6.45, 7) is 1.40. The molecule has 4 heteroatoms. The first-order chi connectivity index (χ1) is 6.79. The summed E-state index contributed by atoms with van der Waals surface area (Å²) in [5.41, 5.74) is 5.58. The fourth-order valence-electron chi connectivity index (χ4n) is 1.96. The van der Waals surface area contributed by atoms with Gasteiger partial charge in [0.05, 0.1) is 12.5 Å². The van der Waals surface area contributed by atoms with Gasteiger partial charge in [0.2, 0.25) is 0 Å². The lowest BCUT2D eigenvalue weighted by Crippen LogP contribution is -2.27. The lowest BCUT2D eigenvalue weighted by Gasteiger charge is -2.16. The minimum atomic E-state index is -0.102. The molecule has 4 nitrogen and oxygen atoms in total. The van der Waals surface area contributed by atoms with Crippen molar-refractivity contribution >= 4 is 5.97 Å². The molecule has 1 fully saturated rings. The van der Waals surface area contributed by atoms with Crippen molar-refractivity contribution in [2.24, 2.45) is 17.6 Å². The minimum absolute atomic E-state index is 0.0249. The highest BCUT2D eigenvalue weighted by molar-refractivity contribution is 5.73. The van der Waals surface area contributed by atoms with Gasteiger partial charge in [-0.25, -0.2) is 0 Å². The Balaban J connectivity index is 2.28. The summed E-state index contributed by atoms with van der Waals surface area (Å²) in [6.07, 6.45) is 3.07. The number of nitrogens with two attached hydrogens (primary N) is 1. The molecule has 1 rings (SSSR count). The van der Waals surface area contributed by atoms with Crippen molar-refractivity contribution in [1.82, 2.24) is 0 Å². The number of methoxy groups -OCH3 is 1. The summed E-state index contributed by atoms with van der Waals surface area (Å²) in [4.78, 5) is 11.6. The predicted molar refractivity (Wildman–Crippen MR) is 52.7 cm³/mol. The number of carbonyl (C=O) groups is 1. The van der Waals surface area contributed by atoms with Gasteiger partial charge in [0.15, 0.2) is 0 Å². The van der Waals surface area contributed by atoms with Gasteiger partial charge in [-0.1, -0.05) is 6.42 Å². The van der Waals surface area contributed by atoms with Crippen molar-refractivity contribution < 1.29 is 14.3 Å². The number of hydrogen-bond donors (Lipinski definition) is 1. The third-order valence-electron chi connectivity index (χ3n) is 2.80. The van der Waals surface area contributed by atoms with Crippen LogP contribution >= 0.6 is 0 Å². The van der Waals surface area contributed by atoms with Crippen LogP contribution in [0.4, 0.5) is 0 Å². The third-order valence-corrected chi connectivity index (χ3v) is 2.80. The molecule has 0 aromatic heterocycles. The fraction of sp³-hybridized carbons (Fsp3) is 0.900. The van der Waals surface area contributed by atoms with E-state index in [-0.39, 0.29) is 11.9 Å². The van der Waals surface area contributed by atoms with Crippen LogP contribution in [0.3, 0.4) is 0 Å². The van der Waals surface area contributed by atoms with Gasteiger partial charge in [0.25, 0.3) is 0 Å². The minimum Gasteiger partial charge on any atom is -0.463 e. The van der Waals surface area contributed by atoms with E-state index >= 15 is 0 Å². The van der Waals surface area contributed by atoms with E-state index in [1.165, 1.54) is 0 Å². The summed E-state index contributed by atoms with van der Waals surface area (Å²) in [6, 6.07) is 0. The Morgan fingerprint density at radius 1 is 1.43 bits per heavy atom. The molecule has 0 bridgehead atoms. The van der Waals surface area contributed by atoms with Crippen LogP contribution < -0.4 is 5.73 Å². The van der Waals surface area contributed by atoms with Crippen LogP contribution in [0.1, 0.15) is 19.3 Å². The Morgan fingerprint density at radius 3 is 2.86 bits per heavy atom. The molecule has 2 unspecified atom stereocenters. The molecule has 0 amide bonds. The maximum absolute atomic E-state index is 11.6. The second-order valence-corrected chi connectivity index (χ2v) is 3.69. The van der Waals surface area contributed by atoms with Gasteiger partial charge in [0.1, 0.15) is 6.61 Å². The molecule has 14 heavy (non-hydrogen) atoms. The van der Waals surface area contributed by atoms with Crippen molar-refractivity contribution in [1.29, 1.82) is 0 Å². The molecular formula is C10H19NO3. The van der Waals surface area contributed by atoms with Crippen LogP contribution in [0, 0.1) is 11.8 Å². The number of ether oxygens (including phenoxy) is 2. The van der Waals surface area contributed by atoms with Crippen LogP contribution in [0.5, 0.6) is 0 Å². The van der Waals surface area contributed by atoms with E-state index in [4.69, 9.17) is 15.2 Å². The molecule has 1 aliphatic carbocycles. The molecule has 1 saturated carbocycles. The lowest BCUT2D eigenvalue weighted by atomic mass is 9.96. The van der Waals surface area contributed by atoms with Crippen molar-refractivity contribution in [2.75, 3.05) is 26.9 Å². The summed E-state index contributed by atoms with van der Waals surface area (Å²) < 4.78 is 9.89. The van der Waals surface area contributed by atoms with Crippen LogP contribution in [-0.2, 0) is 14.3 Å². The summed E-state index contributed by atoms with van der Waals surface area (Å²) in [7, 11) is 1.59. The van der Waals surface area contributed by atoms with Gasteiger partial charge in [-0.2, -0.15) is 0 Å². The predicted octanol–water partition coefficient (Wildman–Crippen LogP) is 0.551. The summed E-state index contributed by atoms with van der Waals surface area (Å²) in [5.74, 6) is 0.247. The summed E-state index contributed by atoms with van der Waals surface area (Å²) >= 11 is 0. The van der Waals surface area contributed by atoms with E-state index in [9.17, 15) is 4.79 Å². The first-order valence-corrected chi connectivity index (χ1v) is 5.15. The Labute approximate surface area is 84.7 Å². The topological polar surface area (TPSA) is 61.5 Å². The first kappa shape index (κ1) is 11.5. The molecule has 0 radical (unpaired) electrons. The monoisotopic (exact) mass is 201 g/mol. The molecule has 0 aromatic carbocycles. The molecule has 1 aliphatic rings. The Bertz CT molecular complexity index is 184. The largest absolute Gasteiger partial charge is 0.463 e. The molecule has 2 atom stereocenters. The highest BCUT2D eigenvalue weighted by Crippen LogP contribution is 2.31. The third kappa shape index (κ3) is 2.96. The highest BCUT2D eigenvalue weighted by Gasteiger charge is 2.32. The van der Waals surface area contributed by atoms with Gasteiger partial charge in [-0.15, -0.1) is 0 Å². The van der Waals surface area contributed by atoms with E-state index < -0.39 is 0 Å². The van der Waals surface area contributed by atoms with Gasteiger partial charge in [0, 0.05) is 7.11 Å². The van der Waals surface area contributed by atoms with Crippen molar-refractivity contribution in [3.63, 3.8) is 0 Å². The van der Waals surface area contributed by atoms with E-state index in [0.717, 1.165) is 19.3 Å². The molecular weight excluding hydrogens is 182 g/mol. The zero-order valence-corrected chi connectivity index (χ0v) is 8.70. The van der Waals surface area contributed by atoms with Crippen LogP contribution in [-0.4, -0.2) is 32.8 Å². The van der Waals surface area contributed by atoms with Crippen LogP contribution in [0.2, 0.25) is 0 Å². The van der Waals surface area contributed by atoms with Crippen molar-refractivity contribution in [2.45, 2.75) is 19.3 Å². The Kier molecular flexibility index (Phi) is 4.90. The average molecular weight is 201 g/mol. The number of esters is 1. The van der Waals surface area contributed by atoms with E-state index in [0.29, 0.717) is 25.7 Å². The highest BCUT2D eigenvalue weighted by atomic mass is 16.6. The zero-order chi connectivity index (χ0) is 10.4. The molecule has 0 heterocycles. The van der Waals surface area contributed by atoms with Gasteiger partial charge < -0.3 is 15.2 Å². The van der Waals surface area contributed by atoms with E-state index in [1.54, 1.807) is 7.11 Å². The van der Waals surface area contributed by atoms with E-state index in [2.05, 4.69) is 0 Å². The van der Waals surface area contributed by atoms with E-state index in [1.807, 2.05) is 0 Å². The summed E-state index contributed by atoms with van der Waals surface area (Å²) in [5, 5.41) is 0. The first-order valence-electron chi connectivity index (χ1n) is 5.15. The average Bonchev–Trinajstić information content (AvgIpc) is 2.65. The van der Waals surface area contributed by atoms with Crippen molar-refractivity contribution in [3.8, 4) is 0 Å². The Morgan fingerprint density at radius 2 is 2.21 bits per heavy atom. The van der Waals surface area contributed by atoms with Gasteiger partial charge in [-0.05, 0) is 25.3 Å². The number of hydrogen-bond acceptors (Lipinski definition) is 4. The molecule has 2 N–H and O–H groups in total. The Hall–Kier alpha value is -0.610. The lowest BCUT2D eigenvalue weighted by molar-refractivity contribution is -0.150. The van der Waals surface area contributed by atoms with Gasteiger partial charge in [-0.3, -0.25) is 4.79 Å². The molecule has 0 aliphatic heterocycles. The second kappa shape index (κ2) is 5.98. The molecule has 0 saturated heterocycles. The second-order valence-electron chi connectivity index (χ2n) is 3.69. The standard InChI is InChI=1S/C10H19NO3/c1-13-5-6-14-10(12)9-4-2-3-8(9)7-11/h8-9H,2-7,11H2,1H3. The maximum atomic E-state index is 11.6. The normalized spacial score (nSPS) is 26.4. The number of rotatable bonds is 5. The SMILES string of the molecule is COCCOC(=O)C1CCCC1CN. The molecule has 0 spiro atoms. The van der Waals surface area contributed by atoms with Gasteiger partial charge >= 0.3 is 5.97 Å². The van der Waals surface area contributed by atoms with Crippen molar-refractivity contribution in [3.05, 3.63) is 0 Å². The van der Waals surface area contributed by atoms with Crippen LogP contribution in [0.15, 0.2) is 0 Å². The smallest absolute Gasteiger partial charge is 0.309 e. The zero-order valence-electron chi connectivity index (χ0n) is 8.70. The maximum Gasteiger partial charge on any atom is 0.309 e. The van der Waals surface area contributed by atoms with Crippen LogP contribution in [0.25, 0.3) is 0 Å². The fourth-order valence-corrected chi connectivity index (χ4v) is 1.96. The molecule has 0 aromatic rings.